The lowest BCUT2D eigenvalue weighted by molar-refractivity contribution is -0.172. The molecule has 0 atom stereocenters. The first kappa shape index (κ1) is 14.5. The minimum absolute atomic E-state index is 0.211. The van der Waals surface area contributed by atoms with E-state index in [2.05, 4.69) is 9.47 Å². The van der Waals surface area contributed by atoms with Crippen LogP contribution in [-0.2, 0) is 23.9 Å². The summed E-state index contributed by atoms with van der Waals surface area (Å²) in [6.45, 7) is 1.61. The molecule has 0 aliphatic heterocycles. The van der Waals surface area contributed by atoms with Crippen molar-refractivity contribution in [1.29, 1.82) is 0 Å². The summed E-state index contributed by atoms with van der Waals surface area (Å²) < 4.78 is 22.3. The van der Waals surface area contributed by atoms with Gasteiger partial charge in [-0.2, -0.15) is 0 Å². The highest BCUT2D eigenvalue weighted by Gasteiger charge is 2.49. The Kier molecular flexibility index (Phi) is 5.63. The minimum Gasteiger partial charge on any atom is -0.466 e. The van der Waals surface area contributed by atoms with Gasteiger partial charge in [0.15, 0.2) is 0 Å². The van der Waals surface area contributed by atoms with Crippen molar-refractivity contribution in [3.05, 3.63) is 0 Å². The minimum atomic E-state index is -2.89. The number of ether oxygens (including phenoxy) is 2. The second-order valence-electron chi connectivity index (χ2n) is 3.18. The molecule has 0 aromatic heterocycles. The quantitative estimate of drug-likeness (QED) is 0.502. The molecule has 5 nitrogen and oxygen atoms in total. The molecule has 0 aliphatic carbocycles. The molecule has 0 saturated carbocycles. The van der Waals surface area contributed by atoms with Crippen LogP contribution in [0.3, 0.4) is 0 Å². The fourth-order valence-corrected chi connectivity index (χ4v) is 1.10. The number of esters is 2. The summed E-state index contributed by atoms with van der Waals surface area (Å²) in [4.78, 5) is 33.3. The highest BCUT2D eigenvalue weighted by molar-refractivity contribution is 6.03. The maximum Gasteiger partial charge on any atom is 0.355 e. The number of alkyl halides is 1. The number of carbonyl (C=O) groups is 3. The molecule has 0 N–H and O–H groups in total. The van der Waals surface area contributed by atoms with Gasteiger partial charge in [-0.3, -0.25) is 4.79 Å². The Morgan fingerprint density at radius 2 is 1.56 bits per heavy atom. The van der Waals surface area contributed by atoms with Crippen molar-refractivity contribution < 1.29 is 28.2 Å². The summed E-state index contributed by atoms with van der Waals surface area (Å²) >= 11 is 0. The van der Waals surface area contributed by atoms with E-state index in [0.717, 1.165) is 14.2 Å². The second kappa shape index (κ2) is 6.19. The number of Topliss-reactive ketones (excluding diaryl/α,β-unsaturated/α-hetero) is 1. The van der Waals surface area contributed by atoms with Gasteiger partial charge in [-0.15, -0.1) is 0 Å². The SMILES string of the molecule is CCC(=O)CCC(F)(C(=O)OC)C(=O)OC. The lowest BCUT2D eigenvalue weighted by Crippen LogP contribution is -2.44. The van der Waals surface area contributed by atoms with Gasteiger partial charge in [-0.25, -0.2) is 14.0 Å². The maximum atomic E-state index is 14.0. The van der Waals surface area contributed by atoms with E-state index in [9.17, 15) is 18.8 Å². The van der Waals surface area contributed by atoms with Crippen molar-refractivity contribution >= 4 is 17.7 Å². The summed E-state index contributed by atoms with van der Waals surface area (Å²) in [6, 6.07) is 0. The molecule has 0 unspecified atom stereocenters. The Hall–Kier alpha value is -1.46. The van der Waals surface area contributed by atoms with Gasteiger partial charge < -0.3 is 9.47 Å². The standard InChI is InChI=1S/C10H15FO5/c1-4-7(12)5-6-10(11,8(13)15-2)9(14)16-3/h4-6H2,1-3H3. The molecular formula is C10H15FO5. The normalized spacial score (nSPS) is 10.8. The molecule has 16 heavy (non-hydrogen) atoms. The molecule has 92 valence electrons. The Labute approximate surface area is 92.9 Å². The van der Waals surface area contributed by atoms with E-state index < -0.39 is 24.0 Å². The average Bonchev–Trinajstić information content (AvgIpc) is 2.32. The first-order chi connectivity index (χ1) is 7.42. The van der Waals surface area contributed by atoms with E-state index in [4.69, 9.17) is 0 Å². The third kappa shape index (κ3) is 3.29. The van der Waals surface area contributed by atoms with Crippen LogP contribution in [0.15, 0.2) is 0 Å². The Bertz CT molecular complexity index is 271. The van der Waals surface area contributed by atoms with Crippen LogP contribution in [0.1, 0.15) is 26.2 Å². The van der Waals surface area contributed by atoms with Gasteiger partial charge >= 0.3 is 17.6 Å². The Morgan fingerprint density at radius 1 is 1.12 bits per heavy atom. The first-order valence-electron chi connectivity index (χ1n) is 4.79. The summed E-state index contributed by atoms with van der Waals surface area (Å²) in [6.07, 6.45) is -0.547. The fraction of sp³-hybridized carbons (Fsp3) is 0.700. The summed E-state index contributed by atoms with van der Waals surface area (Å²) in [5, 5.41) is 0. The lowest BCUT2D eigenvalue weighted by Gasteiger charge is -2.19. The van der Waals surface area contributed by atoms with Gasteiger partial charge in [0, 0.05) is 19.3 Å². The zero-order chi connectivity index (χ0) is 12.8. The first-order valence-corrected chi connectivity index (χ1v) is 4.79. The van der Waals surface area contributed by atoms with Crippen LogP contribution >= 0.6 is 0 Å². The maximum absolute atomic E-state index is 14.0. The average molecular weight is 234 g/mol. The molecule has 0 aromatic rings. The summed E-state index contributed by atoms with van der Waals surface area (Å²) in [5.74, 6) is -2.93. The molecule has 0 heterocycles. The zero-order valence-corrected chi connectivity index (χ0v) is 9.54. The molecule has 0 spiro atoms. The smallest absolute Gasteiger partial charge is 0.355 e. The molecule has 0 saturated heterocycles. The van der Waals surface area contributed by atoms with Gasteiger partial charge in [-0.1, -0.05) is 6.92 Å². The van der Waals surface area contributed by atoms with Crippen LogP contribution < -0.4 is 0 Å². The number of rotatable bonds is 6. The molecule has 0 rings (SSSR count). The number of ketones is 1. The molecular weight excluding hydrogens is 219 g/mol. The molecule has 0 fully saturated rings. The fourth-order valence-electron chi connectivity index (χ4n) is 1.10. The highest BCUT2D eigenvalue weighted by atomic mass is 19.1. The van der Waals surface area contributed by atoms with E-state index in [1.54, 1.807) is 6.92 Å². The Morgan fingerprint density at radius 3 is 1.88 bits per heavy atom. The van der Waals surface area contributed by atoms with Crippen LogP contribution in [-0.4, -0.2) is 37.6 Å². The number of hydrogen-bond donors (Lipinski definition) is 0. The van der Waals surface area contributed by atoms with Crippen LogP contribution in [0.4, 0.5) is 4.39 Å². The van der Waals surface area contributed by atoms with E-state index in [1.165, 1.54) is 0 Å². The van der Waals surface area contributed by atoms with E-state index in [0.29, 0.717) is 0 Å². The van der Waals surface area contributed by atoms with Gasteiger partial charge in [0.2, 0.25) is 0 Å². The van der Waals surface area contributed by atoms with Crippen molar-refractivity contribution in [2.24, 2.45) is 0 Å². The van der Waals surface area contributed by atoms with E-state index >= 15 is 0 Å². The van der Waals surface area contributed by atoms with Gasteiger partial charge in [0.05, 0.1) is 14.2 Å². The number of halogens is 1. The molecule has 6 heteroatoms. The molecule has 0 radical (unpaired) electrons. The molecule has 0 aromatic carbocycles. The third-order valence-electron chi connectivity index (χ3n) is 2.16. The highest BCUT2D eigenvalue weighted by Crippen LogP contribution is 2.22. The van der Waals surface area contributed by atoms with Gasteiger partial charge in [0.25, 0.3) is 0 Å². The number of carbonyl (C=O) groups excluding carboxylic acids is 3. The summed E-state index contributed by atoms with van der Waals surface area (Å²) in [5.41, 5.74) is -2.89. The number of methoxy groups -OCH3 is 2. The molecule has 0 aliphatic rings. The van der Waals surface area contributed by atoms with Crippen LogP contribution in [0, 0.1) is 0 Å². The van der Waals surface area contributed by atoms with Crippen molar-refractivity contribution in [1.82, 2.24) is 0 Å². The van der Waals surface area contributed by atoms with Crippen molar-refractivity contribution in [2.45, 2.75) is 31.9 Å². The largest absolute Gasteiger partial charge is 0.466 e. The zero-order valence-electron chi connectivity index (χ0n) is 9.54. The van der Waals surface area contributed by atoms with Crippen molar-refractivity contribution in [3.63, 3.8) is 0 Å². The van der Waals surface area contributed by atoms with Crippen LogP contribution in [0.25, 0.3) is 0 Å². The van der Waals surface area contributed by atoms with Gasteiger partial charge in [0.1, 0.15) is 5.78 Å². The van der Waals surface area contributed by atoms with E-state index in [-0.39, 0.29) is 18.6 Å². The molecule has 0 bridgehead atoms. The summed E-state index contributed by atoms with van der Waals surface area (Å²) in [7, 11) is 1.92. The molecule has 0 amide bonds. The Balaban J connectivity index is 4.74. The van der Waals surface area contributed by atoms with E-state index in [1.807, 2.05) is 0 Å². The number of hydrogen-bond acceptors (Lipinski definition) is 5. The van der Waals surface area contributed by atoms with Crippen LogP contribution in [0.2, 0.25) is 0 Å². The van der Waals surface area contributed by atoms with Crippen molar-refractivity contribution in [2.75, 3.05) is 14.2 Å². The lowest BCUT2D eigenvalue weighted by atomic mass is 9.97. The van der Waals surface area contributed by atoms with Gasteiger partial charge in [-0.05, 0) is 0 Å². The third-order valence-corrected chi connectivity index (χ3v) is 2.16. The topological polar surface area (TPSA) is 69.7 Å². The predicted molar refractivity (Wildman–Crippen MR) is 52.4 cm³/mol. The second-order valence-corrected chi connectivity index (χ2v) is 3.18. The van der Waals surface area contributed by atoms with Crippen LogP contribution in [0.5, 0.6) is 0 Å². The van der Waals surface area contributed by atoms with Crippen molar-refractivity contribution in [3.8, 4) is 0 Å². The monoisotopic (exact) mass is 234 g/mol. The predicted octanol–water partition coefficient (Wildman–Crippen LogP) is 0.800.